The van der Waals surface area contributed by atoms with Gasteiger partial charge in [-0.3, -0.25) is 4.79 Å². The fourth-order valence-electron chi connectivity index (χ4n) is 2.24. The van der Waals surface area contributed by atoms with E-state index in [4.69, 9.17) is 9.47 Å². The van der Waals surface area contributed by atoms with Crippen LogP contribution in [0.4, 0.5) is 5.82 Å². The fourth-order valence-corrected chi connectivity index (χ4v) is 2.97. The van der Waals surface area contributed by atoms with Crippen LogP contribution in [0.1, 0.15) is 0 Å². The van der Waals surface area contributed by atoms with E-state index in [1.54, 1.807) is 6.07 Å². The lowest BCUT2D eigenvalue weighted by Crippen LogP contribution is -2.40. The average molecular weight is 313 g/mol. The smallest absolute Gasteiger partial charge is 0.270 e. The third-order valence-electron chi connectivity index (χ3n) is 3.30. The van der Waals surface area contributed by atoms with Gasteiger partial charge in [-0.2, -0.15) is 0 Å². The molecule has 0 saturated carbocycles. The molecule has 0 bridgehead atoms. The Labute approximate surface area is 129 Å². The summed E-state index contributed by atoms with van der Waals surface area (Å²) in [6.07, 6.45) is 0.723. The number of rotatable bonds is 2. The SMILES string of the molecule is O=C(Nc1ncnc2sccc12)[C@@H]1COc2ccccc2O1. The summed E-state index contributed by atoms with van der Waals surface area (Å²) in [5, 5.41) is 5.51. The van der Waals surface area contributed by atoms with Crippen LogP contribution in [-0.2, 0) is 4.79 Å². The second-order valence-corrected chi connectivity index (χ2v) is 5.61. The van der Waals surface area contributed by atoms with Crippen LogP contribution in [0.2, 0.25) is 0 Å². The van der Waals surface area contributed by atoms with E-state index in [-0.39, 0.29) is 12.5 Å². The Morgan fingerprint density at radius 1 is 1.23 bits per heavy atom. The molecule has 4 rings (SSSR count). The maximum absolute atomic E-state index is 12.4. The predicted octanol–water partition coefficient (Wildman–Crippen LogP) is 2.47. The van der Waals surface area contributed by atoms with Crippen LogP contribution in [0.15, 0.2) is 42.0 Å². The number of thiophene rings is 1. The van der Waals surface area contributed by atoms with E-state index < -0.39 is 6.10 Å². The third-order valence-corrected chi connectivity index (χ3v) is 4.13. The number of nitrogens with one attached hydrogen (secondary N) is 1. The van der Waals surface area contributed by atoms with E-state index >= 15 is 0 Å². The van der Waals surface area contributed by atoms with Crippen LogP contribution < -0.4 is 14.8 Å². The molecule has 1 N–H and O–H groups in total. The van der Waals surface area contributed by atoms with Gasteiger partial charge < -0.3 is 14.8 Å². The molecule has 0 fully saturated rings. The largest absolute Gasteiger partial charge is 0.485 e. The lowest BCUT2D eigenvalue weighted by Gasteiger charge is -2.25. The Kier molecular flexibility index (Phi) is 3.12. The van der Waals surface area contributed by atoms with Crippen molar-refractivity contribution >= 4 is 33.3 Å². The van der Waals surface area contributed by atoms with Gasteiger partial charge in [-0.1, -0.05) is 12.1 Å². The van der Waals surface area contributed by atoms with Crippen molar-refractivity contribution in [3.05, 3.63) is 42.0 Å². The molecular formula is C15H11N3O3S. The number of hydrogen-bond acceptors (Lipinski definition) is 6. The zero-order valence-electron chi connectivity index (χ0n) is 11.4. The van der Waals surface area contributed by atoms with Crippen molar-refractivity contribution in [2.75, 3.05) is 11.9 Å². The minimum absolute atomic E-state index is 0.167. The van der Waals surface area contributed by atoms with E-state index in [0.717, 1.165) is 10.2 Å². The summed E-state index contributed by atoms with van der Waals surface area (Å²) in [5.41, 5.74) is 0. The highest BCUT2D eigenvalue weighted by molar-refractivity contribution is 7.16. The van der Waals surface area contributed by atoms with Crippen molar-refractivity contribution < 1.29 is 14.3 Å². The molecule has 1 amide bonds. The second kappa shape index (κ2) is 5.27. The molecule has 1 aromatic carbocycles. The van der Waals surface area contributed by atoms with Gasteiger partial charge in [0, 0.05) is 0 Å². The minimum atomic E-state index is -0.710. The number of amides is 1. The molecule has 0 radical (unpaired) electrons. The Bertz CT molecular complexity index is 849. The van der Waals surface area contributed by atoms with Crippen LogP contribution in [0.25, 0.3) is 10.2 Å². The van der Waals surface area contributed by atoms with E-state index in [2.05, 4.69) is 15.3 Å². The number of hydrogen-bond donors (Lipinski definition) is 1. The number of para-hydroxylation sites is 2. The van der Waals surface area contributed by atoms with Gasteiger partial charge in [0.1, 0.15) is 23.6 Å². The lowest BCUT2D eigenvalue weighted by atomic mass is 10.2. The van der Waals surface area contributed by atoms with Gasteiger partial charge in [0.15, 0.2) is 11.5 Å². The van der Waals surface area contributed by atoms with Crippen molar-refractivity contribution in [3.63, 3.8) is 0 Å². The molecule has 0 aliphatic carbocycles. The topological polar surface area (TPSA) is 73.3 Å². The Morgan fingerprint density at radius 3 is 3.00 bits per heavy atom. The summed E-state index contributed by atoms with van der Waals surface area (Å²) in [6, 6.07) is 9.15. The summed E-state index contributed by atoms with van der Waals surface area (Å²) < 4.78 is 11.2. The fraction of sp³-hybridized carbons (Fsp3) is 0.133. The molecule has 6 nitrogen and oxygen atoms in total. The van der Waals surface area contributed by atoms with E-state index in [1.165, 1.54) is 17.7 Å². The highest BCUT2D eigenvalue weighted by Gasteiger charge is 2.27. The number of nitrogens with zero attached hydrogens (tertiary/aromatic N) is 2. The molecule has 0 spiro atoms. The van der Waals surface area contributed by atoms with Gasteiger partial charge in [-0.05, 0) is 23.6 Å². The lowest BCUT2D eigenvalue weighted by molar-refractivity contribution is -0.125. The first-order valence-corrected chi connectivity index (χ1v) is 7.57. The highest BCUT2D eigenvalue weighted by Crippen LogP contribution is 2.31. The first kappa shape index (κ1) is 13.0. The van der Waals surface area contributed by atoms with Crippen LogP contribution in [0.3, 0.4) is 0 Å². The molecule has 7 heteroatoms. The van der Waals surface area contributed by atoms with Gasteiger partial charge in [-0.15, -0.1) is 11.3 Å². The number of benzene rings is 1. The summed E-state index contributed by atoms with van der Waals surface area (Å²) in [7, 11) is 0. The quantitative estimate of drug-likeness (QED) is 0.787. The molecule has 1 aliphatic rings. The first-order valence-electron chi connectivity index (χ1n) is 6.69. The van der Waals surface area contributed by atoms with Gasteiger partial charge in [-0.25, -0.2) is 9.97 Å². The maximum Gasteiger partial charge on any atom is 0.270 e. The van der Waals surface area contributed by atoms with Gasteiger partial charge in [0.2, 0.25) is 6.10 Å². The molecule has 1 aliphatic heterocycles. The maximum atomic E-state index is 12.4. The normalized spacial score (nSPS) is 16.5. The van der Waals surface area contributed by atoms with Crippen LogP contribution in [0.5, 0.6) is 11.5 Å². The third kappa shape index (κ3) is 2.25. The number of anilines is 1. The number of carbonyl (C=O) groups is 1. The molecule has 0 saturated heterocycles. The Morgan fingerprint density at radius 2 is 2.09 bits per heavy atom. The van der Waals surface area contributed by atoms with Gasteiger partial charge in [0.05, 0.1) is 5.39 Å². The van der Waals surface area contributed by atoms with Crippen molar-refractivity contribution in [1.82, 2.24) is 9.97 Å². The molecular weight excluding hydrogens is 302 g/mol. The molecule has 22 heavy (non-hydrogen) atoms. The van der Waals surface area contributed by atoms with Crippen molar-refractivity contribution in [1.29, 1.82) is 0 Å². The summed E-state index contributed by atoms with van der Waals surface area (Å²) in [5.74, 6) is 1.41. The van der Waals surface area contributed by atoms with E-state index in [1.807, 2.05) is 29.6 Å². The van der Waals surface area contributed by atoms with E-state index in [9.17, 15) is 4.79 Å². The molecule has 2 aromatic heterocycles. The second-order valence-electron chi connectivity index (χ2n) is 4.72. The molecule has 3 aromatic rings. The number of fused-ring (bicyclic) bond motifs is 2. The Hall–Kier alpha value is -2.67. The number of carbonyl (C=O) groups excluding carboxylic acids is 1. The highest BCUT2D eigenvalue weighted by atomic mass is 32.1. The zero-order chi connectivity index (χ0) is 14.9. The number of aromatic nitrogens is 2. The Balaban J connectivity index is 1.55. The van der Waals surface area contributed by atoms with Gasteiger partial charge in [0.25, 0.3) is 5.91 Å². The van der Waals surface area contributed by atoms with Gasteiger partial charge >= 0.3 is 0 Å². The van der Waals surface area contributed by atoms with Crippen LogP contribution in [0, 0.1) is 0 Å². The van der Waals surface area contributed by atoms with Crippen LogP contribution in [-0.4, -0.2) is 28.6 Å². The predicted molar refractivity (Wildman–Crippen MR) is 82.4 cm³/mol. The van der Waals surface area contributed by atoms with Crippen LogP contribution >= 0.6 is 11.3 Å². The van der Waals surface area contributed by atoms with Crippen molar-refractivity contribution in [2.45, 2.75) is 6.10 Å². The zero-order valence-corrected chi connectivity index (χ0v) is 12.2. The molecule has 0 unspecified atom stereocenters. The van der Waals surface area contributed by atoms with E-state index in [0.29, 0.717) is 17.3 Å². The van der Waals surface area contributed by atoms with Crippen molar-refractivity contribution in [2.24, 2.45) is 0 Å². The molecule has 110 valence electrons. The average Bonchev–Trinajstić information content (AvgIpc) is 3.04. The summed E-state index contributed by atoms with van der Waals surface area (Å²) in [6.45, 7) is 0.167. The minimum Gasteiger partial charge on any atom is -0.485 e. The monoisotopic (exact) mass is 313 g/mol. The summed E-state index contributed by atoms with van der Waals surface area (Å²) in [4.78, 5) is 21.5. The molecule has 1 atom stereocenters. The number of ether oxygens (including phenoxy) is 2. The molecule has 3 heterocycles. The first-order chi connectivity index (χ1) is 10.8. The summed E-state index contributed by atoms with van der Waals surface area (Å²) >= 11 is 1.50. The standard InChI is InChI=1S/C15H11N3O3S/c19-14(12-7-20-10-3-1-2-4-11(10)21-12)18-13-9-5-6-22-15(9)17-8-16-13/h1-6,8,12H,7H2,(H,16,17,18,19)/t12-/m0/s1. The van der Waals surface area contributed by atoms with Crippen molar-refractivity contribution in [3.8, 4) is 11.5 Å².